The van der Waals surface area contributed by atoms with E-state index in [0.29, 0.717) is 53.6 Å². The molecule has 9 nitrogen and oxygen atoms in total. The highest BCUT2D eigenvalue weighted by atomic mass is 32.1. The molecule has 176 valence electrons. The SMILES string of the molecule is C=CC(=O)N1CCCC(n2nc(-c3csc(COc4ccccc4C#N)c3)c3c(N)ncnc32)C1. The van der Waals surface area contributed by atoms with E-state index in [-0.39, 0.29) is 11.9 Å². The lowest BCUT2D eigenvalue weighted by Gasteiger charge is -2.32. The Morgan fingerprint density at radius 2 is 2.23 bits per heavy atom. The number of likely N-dealkylation sites (tertiary alicyclic amines) is 1. The number of hydrogen-bond donors (Lipinski definition) is 1. The lowest BCUT2D eigenvalue weighted by atomic mass is 10.1. The summed E-state index contributed by atoms with van der Waals surface area (Å²) in [6.45, 7) is 5.17. The molecule has 1 amide bonds. The number of nitrogens with two attached hydrogens (primary N) is 1. The van der Waals surface area contributed by atoms with Crippen LogP contribution in [0.1, 0.15) is 29.3 Å². The number of piperidine rings is 1. The summed E-state index contributed by atoms with van der Waals surface area (Å²) in [6.07, 6.45) is 4.53. The van der Waals surface area contributed by atoms with Crippen LogP contribution in [0.25, 0.3) is 22.3 Å². The van der Waals surface area contributed by atoms with Crippen molar-refractivity contribution < 1.29 is 9.53 Å². The number of carbonyl (C=O) groups is 1. The zero-order chi connectivity index (χ0) is 24.4. The minimum atomic E-state index is -0.0824. The maximum absolute atomic E-state index is 12.2. The average molecular weight is 486 g/mol. The largest absolute Gasteiger partial charge is 0.487 e. The number of para-hydroxylation sites is 1. The third-order valence-corrected chi connectivity index (χ3v) is 6.96. The average Bonchev–Trinajstić information content (AvgIpc) is 3.53. The molecule has 1 aliphatic heterocycles. The Balaban J connectivity index is 1.45. The van der Waals surface area contributed by atoms with Gasteiger partial charge in [-0.3, -0.25) is 4.79 Å². The predicted octanol–water partition coefficient (Wildman–Crippen LogP) is 3.94. The van der Waals surface area contributed by atoms with Crippen LogP contribution in [0, 0.1) is 11.3 Å². The van der Waals surface area contributed by atoms with Gasteiger partial charge in [0.05, 0.1) is 17.0 Å². The second-order valence-electron chi connectivity index (χ2n) is 8.23. The third kappa shape index (κ3) is 4.34. The zero-order valence-corrected chi connectivity index (χ0v) is 19.7. The molecule has 1 atom stereocenters. The summed E-state index contributed by atoms with van der Waals surface area (Å²) in [5.41, 5.74) is 9.01. The molecule has 0 saturated carbocycles. The Labute approximate surface area is 206 Å². The lowest BCUT2D eigenvalue weighted by molar-refractivity contribution is -0.127. The first-order valence-corrected chi connectivity index (χ1v) is 12.1. The Hall–Kier alpha value is -4.23. The van der Waals surface area contributed by atoms with Gasteiger partial charge in [0.25, 0.3) is 0 Å². The number of hydrogen-bond acceptors (Lipinski definition) is 8. The van der Waals surface area contributed by atoms with Gasteiger partial charge >= 0.3 is 0 Å². The number of fused-ring (bicyclic) bond motifs is 1. The van der Waals surface area contributed by atoms with Gasteiger partial charge in [-0.2, -0.15) is 10.4 Å². The van der Waals surface area contributed by atoms with Crippen molar-refractivity contribution in [2.24, 2.45) is 0 Å². The highest BCUT2D eigenvalue weighted by Crippen LogP contribution is 2.36. The zero-order valence-electron chi connectivity index (χ0n) is 18.9. The minimum Gasteiger partial charge on any atom is -0.487 e. The summed E-state index contributed by atoms with van der Waals surface area (Å²) < 4.78 is 7.76. The fourth-order valence-electron chi connectivity index (χ4n) is 4.35. The van der Waals surface area contributed by atoms with Crippen LogP contribution < -0.4 is 10.5 Å². The summed E-state index contributed by atoms with van der Waals surface area (Å²) in [5, 5.41) is 16.9. The molecule has 1 fully saturated rings. The molecule has 4 heterocycles. The maximum Gasteiger partial charge on any atom is 0.246 e. The molecule has 1 aromatic carbocycles. The van der Waals surface area contributed by atoms with E-state index < -0.39 is 0 Å². The Morgan fingerprint density at radius 1 is 1.37 bits per heavy atom. The van der Waals surface area contributed by atoms with Crippen molar-refractivity contribution in [1.29, 1.82) is 5.26 Å². The van der Waals surface area contributed by atoms with Crippen molar-refractivity contribution in [2.45, 2.75) is 25.5 Å². The number of benzene rings is 1. The van der Waals surface area contributed by atoms with E-state index in [4.69, 9.17) is 15.6 Å². The van der Waals surface area contributed by atoms with Crippen LogP contribution in [0.5, 0.6) is 5.75 Å². The summed E-state index contributed by atoms with van der Waals surface area (Å²) in [5.74, 6) is 0.826. The topological polar surface area (TPSA) is 123 Å². The van der Waals surface area contributed by atoms with Gasteiger partial charge in [0.2, 0.25) is 5.91 Å². The van der Waals surface area contributed by atoms with Crippen molar-refractivity contribution in [3.05, 3.63) is 65.1 Å². The quantitative estimate of drug-likeness (QED) is 0.410. The Bertz CT molecular complexity index is 1450. The van der Waals surface area contributed by atoms with E-state index in [2.05, 4.69) is 22.6 Å². The number of rotatable bonds is 6. The molecule has 1 saturated heterocycles. The van der Waals surface area contributed by atoms with E-state index in [1.807, 2.05) is 22.2 Å². The van der Waals surface area contributed by atoms with Crippen LogP contribution in [0.2, 0.25) is 0 Å². The van der Waals surface area contributed by atoms with Gasteiger partial charge in [-0.15, -0.1) is 11.3 Å². The van der Waals surface area contributed by atoms with Gasteiger partial charge in [0.1, 0.15) is 36.3 Å². The van der Waals surface area contributed by atoms with E-state index in [0.717, 1.165) is 23.3 Å². The second-order valence-corrected chi connectivity index (χ2v) is 9.23. The second kappa shape index (κ2) is 9.56. The number of nitriles is 1. The van der Waals surface area contributed by atoms with Crippen LogP contribution in [0.4, 0.5) is 5.82 Å². The van der Waals surface area contributed by atoms with Crippen LogP contribution in [0.15, 0.2) is 54.7 Å². The van der Waals surface area contributed by atoms with Gasteiger partial charge in [0, 0.05) is 28.9 Å². The van der Waals surface area contributed by atoms with Crippen molar-refractivity contribution >= 4 is 34.1 Å². The van der Waals surface area contributed by atoms with Crippen molar-refractivity contribution in [1.82, 2.24) is 24.6 Å². The molecule has 10 heteroatoms. The summed E-state index contributed by atoms with van der Waals surface area (Å²) >= 11 is 1.54. The Kier molecular flexibility index (Phi) is 6.16. The van der Waals surface area contributed by atoms with Crippen molar-refractivity contribution in [3.8, 4) is 23.1 Å². The fourth-order valence-corrected chi connectivity index (χ4v) is 5.13. The van der Waals surface area contributed by atoms with Crippen LogP contribution in [0.3, 0.4) is 0 Å². The van der Waals surface area contributed by atoms with Crippen LogP contribution in [-0.4, -0.2) is 43.6 Å². The number of anilines is 1. The van der Waals surface area contributed by atoms with Crippen LogP contribution in [-0.2, 0) is 11.4 Å². The molecule has 2 N–H and O–H groups in total. The molecule has 0 radical (unpaired) electrons. The molecule has 0 bridgehead atoms. The predicted molar refractivity (Wildman–Crippen MR) is 134 cm³/mol. The third-order valence-electron chi connectivity index (χ3n) is 6.05. The number of carbonyl (C=O) groups excluding carboxylic acids is 1. The summed E-state index contributed by atoms with van der Waals surface area (Å²) in [7, 11) is 0. The van der Waals surface area contributed by atoms with E-state index in [1.54, 1.807) is 34.4 Å². The van der Waals surface area contributed by atoms with E-state index in [1.165, 1.54) is 12.4 Å². The van der Waals surface area contributed by atoms with E-state index >= 15 is 0 Å². The van der Waals surface area contributed by atoms with Gasteiger partial charge in [-0.05, 0) is 37.1 Å². The molecular formula is C25H23N7O2S. The first kappa shape index (κ1) is 22.6. The van der Waals surface area contributed by atoms with Gasteiger partial charge < -0.3 is 15.4 Å². The molecule has 4 aromatic rings. The van der Waals surface area contributed by atoms with Crippen LogP contribution >= 0.6 is 11.3 Å². The fraction of sp³-hybridized carbons (Fsp3) is 0.240. The number of aromatic nitrogens is 4. The standard InChI is InChI=1S/C25H23N7O2S/c1-2-21(33)31-9-5-7-18(12-31)32-25-22(24(27)28-15-29-25)23(30-32)17-10-19(35-14-17)13-34-20-8-4-3-6-16(20)11-26/h2-4,6,8,10,14-15,18H,1,5,7,9,12-13H2,(H2,27,28,29). The van der Waals surface area contributed by atoms with Gasteiger partial charge in [-0.25, -0.2) is 14.6 Å². The van der Waals surface area contributed by atoms with Gasteiger partial charge in [0.15, 0.2) is 5.65 Å². The van der Waals surface area contributed by atoms with Gasteiger partial charge in [-0.1, -0.05) is 18.7 Å². The maximum atomic E-state index is 12.2. The highest BCUT2D eigenvalue weighted by Gasteiger charge is 2.28. The summed E-state index contributed by atoms with van der Waals surface area (Å²) in [6, 6.07) is 11.3. The van der Waals surface area contributed by atoms with E-state index in [9.17, 15) is 10.1 Å². The smallest absolute Gasteiger partial charge is 0.246 e. The number of nitrogen functional groups attached to an aromatic ring is 1. The lowest BCUT2D eigenvalue weighted by Crippen LogP contribution is -2.40. The molecule has 1 unspecified atom stereocenters. The molecule has 0 spiro atoms. The Morgan fingerprint density at radius 3 is 3.06 bits per heavy atom. The highest BCUT2D eigenvalue weighted by molar-refractivity contribution is 7.10. The minimum absolute atomic E-state index is 0.0258. The first-order valence-electron chi connectivity index (χ1n) is 11.2. The number of thiophene rings is 1. The number of amides is 1. The molecule has 0 aliphatic carbocycles. The number of nitrogens with zero attached hydrogens (tertiary/aromatic N) is 6. The molecule has 1 aliphatic rings. The molecule has 3 aromatic heterocycles. The molecule has 5 rings (SSSR count). The molecular weight excluding hydrogens is 462 g/mol. The molecule has 35 heavy (non-hydrogen) atoms. The normalized spacial score (nSPS) is 15.6. The first-order chi connectivity index (χ1) is 17.1. The number of ether oxygens (including phenoxy) is 1. The van der Waals surface area contributed by atoms with Crippen molar-refractivity contribution in [2.75, 3.05) is 18.8 Å². The monoisotopic (exact) mass is 485 g/mol. The summed E-state index contributed by atoms with van der Waals surface area (Å²) in [4.78, 5) is 23.7. The van der Waals surface area contributed by atoms with Crippen molar-refractivity contribution in [3.63, 3.8) is 0 Å².